The van der Waals surface area contributed by atoms with Crippen molar-refractivity contribution in [2.75, 3.05) is 0 Å². The fraction of sp³-hybridized carbons (Fsp3) is 0.467. The van der Waals surface area contributed by atoms with Crippen molar-refractivity contribution in [1.29, 1.82) is 0 Å². The molecule has 1 aliphatic carbocycles. The molecule has 140 valence electrons. The first-order chi connectivity index (χ1) is 12.1. The summed E-state index contributed by atoms with van der Waals surface area (Å²) in [5.41, 5.74) is -5.69. The van der Waals surface area contributed by atoms with E-state index in [0.29, 0.717) is 36.3 Å². The minimum absolute atomic E-state index is 0.373. The fourth-order valence-electron chi connectivity index (χ4n) is 3.43. The highest BCUT2D eigenvalue weighted by molar-refractivity contribution is 5.87. The molecule has 0 saturated heterocycles. The lowest BCUT2D eigenvalue weighted by Crippen LogP contribution is -2.33. The average molecular weight is 373 g/mol. The molecule has 2 aromatic heterocycles. The Hall–Kier alpha value is -2.85. The summed E-state index contributed by atoms with van der Waals surface area (Å²) in [6.07, 6.45) is -2.00. The number of halogens is 3. The molecule has 2 heterocycles. The largest absolute Gasteiger partial charge is 0.501 e. The Labute approximate surface area is 143 Å². The molecule has 0 amide bonds. The van der Waals surface area contributed by atoms with Crippen LogP contribution in [0.3, 0.4) is 0 Å². The van der Waals surface area contributed by atoms with Gasteiger partial charge in [-0.05, 0) is 18.9 Å². The second-order valence-electron chi connectivity index (χ2n) is 6.19. The number of nitrogens with one attached hydrogen (secondary N) is 1. The molecular formula is C15H14F3N3O5. The van der Waals surface area contributed by atoms with E-state index in [0.717, 1.165) is 6.42 Å². The Kier molecular flexibility index (Phi) is 4.24. The summed E-state index contributed by atoms with van der Waals surface area (Å²) in [5, 5.41) is 20.1. The average Bonchev–Trinajstić information content (AvgIpc) is 2.55. The molecular weight excluding hydrogens is 359 g/mol. The number of hydrogen-bond acceptors (Lipinski definition) is 5. The minimum Gasteiger partial charge on any atom is -0.501 e. The van der Waals surface area contributed by atoms with Gasteiger partial charge >= 0.3 is 17.4 Å². The maximum Gasteiger partial charge on any atom is 0.431 e. The number of aromatic hydroxyl groups is 1. The van der Waals surface area contributed by atoms with Crippen LogP contribution in [0.15, 0.2) is 15.7 Å². The van der Waals surface area contributed by atoms with Crippen LogP contribution in [0, 0.1) is 10.1 Å². The maximum absolute atomic E-state index is 13.5. The Bertz CT molecular complexity index is 1000. The van der Waals surface area contributed by atoms with Gasteiger partial charge in [-0.2, -0.15) is 13.2 Å². The van der Waals surface area contributed by atoms with Gasteiger partial charge in [-0.25, -0.2) is 0 Å². The lowest BCUT2D eigenvalue weighted by molar-refractivity contribution is -0.387. The van der Waals surface area contributed by atoms with Crippen molar-refractivity contribution >= 4 is 16.6 Å². The van der Waals surface area contributed by atoms with E-state index >= 15 is 0 Å². The highest BCUT2D eigenvalue weighted by Gasteiger charge is 2.38. The number of hydrogen-bond donors (Lipinski definition) is 2. The highest BCUT2D eigenvalue weighted by Crippen LogP contribution is 2.38. The van der Waals surface area contributed by atoms with Crippen LogP contribution in [0.25, 0.3) is 10.9 Å². The maximum atomic E-state index is 13.5. The van der Waals surface area contributed by atoms with E-state index in [1.54, 1.807) is 0 Å². The first kappa shape index (κ1) is 18.0. The van der Waals surface area contributed by atoms with Crippen molar-refractivity contribution < 1.29 is 23.2 Å². The zero-order valence-corrected chi connectivity index (χ0v) is 13.3. The predicted octanol–water partition coefficient (Wildman–Crippen LogP) is 2.83. The quantitative estimate of drug-likeness (QED) is 0.620. The summed E-state index contributed by atoms with van der Waals surface area (Å²) in [5.74, 6) is -1.26. The van der Waals surface area contributed by atoms with Crippen molar-refractivity contribution in [3.05, 3.63) is 42.6 Å². The molecule has 8 nitrogen and oxygen atoms in total. The van der Waals surface area contributed by atoms with Gasteiger partial charge in [0.2, 0.25) is 5.75 Å². The van der Waals surface area contributed by atoms with Gasteiger partial charge in [0.15, 0.2) is 0 Å². The molecule has 26 heavy (non-hydrogen) atoms. The molecule has 0 atom stereocenters. The normalized spacial score (nSPS) is 16.1. The molecule has 3 rings (SSSR count). The molecule has 0 unspecified atom stereocenters. The van der Waals surface area contributed by atoms with Crippen LogP contribution in [0.1, 0.15) is 43.8 Å². The molecule has 2 N–H and O–H groups in total. The van der Waals surface area contributed by atoms with Crippen LogP contribution in [-0.4, -0.2) is 19.6 Å². The van der Waals surface area contributed by atoms with Crippen LogP contribution >= 0.6 is 0 Å². The van der Waals surface area contributed by atoms with E-state index in [4.69, 9.17) is 0 Å². The highest BCUT2D eigenvalue weighted by atomic mass is 19.4. The summed E-state index contributed by atoms with van der Waals surface area (Å²) < 4.78 is 41.2. The first-order valence-electron chi connectivity index (χ1n) is 7.89. The lowest BCUT2D eigenvalue weighted by Gasteiger charge is -2.27. The summed E-state index contributed by atoms with van der Waals surface area (Å²) >= 11 is 0. The molecule has 2 aromatic rings. The number of H-pyrrole nitrogens is 1. The van der Waals surface area contributed by atoms with E-state index in [1.807, 2.05) is 4.98 Å². The third-order valence-electron chi connectivity index (χ3n) is 4.59. The molecule has 1 fully saturated rings. The van der Waals surface area contributed by atoms with Gasteiger partial charge in [-0.1, -0.05) is 19.3 Å². The van der Waals surface area contributed by atoms with Gasteiger partial charge < -0.3 is 10.1 Å². The number of alkyl halides is 3. The molecule has 1 saturated carbocycles. The predicted molar refractivity (Wildman–Crippen MR) is 84.3 cm³/mol. The van der Waals surface area contributed by atoms with Gasteiger partial charge in [0.1, 0.15) is 11.2 Å². The standard InChI is InChI=1S/C15H14F3N3O5/c16-15(17,18)9-6-8-10(19-13(23)11(12(8)22)21(25)26)14(24)20(9)7-4-2-1-3-5-7/h6-7H,1-5H2,(H2,19,22,23). The van der Waals surface area contributed by atoms with Crippen molar-refractivity contribution in [3.63, 3.8) is 0 Å². The Balaban J connectivity index is 2.42. The molecule has 1 aliphatic rings. The van der Waals surface area contributed by atoms with Gasteiger partial charge in [0, 0.05) is 6.04 Å². The van der Waals surface area contributed by atoms with E-state index in [9.17, 15) is 38.0 Å². The zero-order chi connectivity index (χ0) is 19.2. The number of aromatic amines is 1. The van der Waals surface area contributed by atoms with Crippen LogP contribution < -0.4 is 11.1 Å². The topological polar surface area (TPSA) is 118 Å². The molecule has 11 heteroatoms. The van der Waals surface area contributed by atoms with Crippen LogP contribution in [0.2, 0.25) is 0 Å². The number of nitrogens with zero attached hydrogens (tertiary/aromatic N) is 2. The van der Waals surface area contributed by atoms with E-state index in [1.165, 1.54) is 0 Å². The second-order valence-corrected chi connectivity index (χ2v) is 6.19. The van der Waals surface area contributed by atoms with Crippen molar-refractivity contribution in [3.8, 4) is 5.75 Å². The smallest absolute Gasteiger partial charge is 0.431 e. The molecule has 0 aliphatic heterocycles. The molecule has 0 aromatic carbocycles. The van der Waals surface area contributed by atoms with Crippen molar-refractivity contribution in [2.45, 2.75) is 44.3 Å². The van der Waals surface area contributed by atoms with Crippen LogP contribution in [-0.2, 0) is 6.18 Å². The van der Waals surface area contributed by atoms with Gasteiger partial charge in [-0.3, -0.25) is 24.3 Å². The number of pyridine rings is 2. The van der Waals surface area contributed by atoms with Crippen molar-refractivity contribution in [1.82, 2.24) is 9.55 Å². The first-order valence-corrected chi connectivity index (χ1v) is 7.89. The Morgan fingerprint density at radius 3 is 2.38 bits per heavy atom. The molecule has 0 radical (unpaired) electrons. The van der Waals surface area contributed by atoms with Crippen molar-refractivity contribution in [2.24, 2.45) is 0 Å². The fourth-order valence-corrected chi connectivity index (χ4v) is 3.43. The number of rotatable bonds is 2. The van der Waals surface area contributed by atoms with E-state index in [-0.39, 0.29) is 0 Å². The summed E-state index contributed by atoms with van der Waals surface area (Å²) in [6.45, 7) is 0. The Morgan fingerprint density at radius 2 is 1.85 bits per heavy atom. The number of aromatic nitrogens is 2. The van der Waals surface area contributed by atoms with Crippen LogP contribution in [0.4, 0.5) is 18.9 Å². The van der Waals surface area contributed by atoms with E-state index < -0.39 is 56.3 Å². The third kappa shape index (κ3) is 2.82. The van der Waals surface area contributed by atoms with Gasteiger partial charge in [-0.15, -0.1) is 0 Å². The van der Waals surface area contributed by atoms with E-state index in [2.05, 4.69) is 0 Å². The summed E-state index contributed by atoms with van der Waals surface area (Å²) in [7, 11) is 0. The Morgan fingerprint density at radius 1 is 1.23 bits per heavy atom. The number of fused-ring (bicyclic) bond motifs is 1. The third-order valence-corrected chi connectivity index (χ3v) is 4.59. The van der Waals surface area contributed by atoms with Crippen LogP contribution in [0.5, 0.6) is 5.75 Å². The molecule has 0 bridgehead atoms. The SMILES string of the molecule is O=c1[nH]c2c(=O)n(C3CCCCC3)c(C(F)(F)F)cc2c(O)c1[N+](=O)[O-]. The monoisotopic (exact) mass is 373 g/mol. The number of nitro groups is 1. The lowest BCUT2D eigenvalue weighted by atomic mass is 9.94. The zero-order valence-electron chi connectivity index (χ0n) is 13.3. The summed E-state index contributed by atoms with van der Waals surface area (Å²) in [4.78, 5) is 36.1. The second kappa shape index (κ2) is 6.15. The molecule has 0 spiro atoms. The van der Waals surface area contributed by atoms with Gasteiger partial charge in [0.05, 0.1) is 10.3 Å². The summed E-state index contributed by atoms with van der Waals surface area (Å²) in [6, 6.07) is -0.220. The minimum atomic E-state index is -4.91. The van der Waals surface area contributed by atoms with Gasteiger partial charge in [0.25, 0.3) is 5.56 Å².